The van der Waals surface area contributed by atoms with Crippen LogP contribution in [0.3, 0.4) is 0 Å². The van der Waals surface area contributed by atoms with Crippen molar-refractivity contribution in [2.75, 3.05) is 33.3 Å². The average molecular weight is 228 g/mol. The lowest BCUT2D eigenvalue weighted by Crippen LogP contribution is -2.47. The first kappa shape index (κ1) is 13.9. The van der Waals surface area contributed by atoms with Crippen molar-refractivity contribution in [3.8, 4) is 0 Å². The molecule has 0 aromatic rings. The Labute approximate surface area is 100 Å². The first-order chi connectivity index (χ1) is 7.50. The molecular weight excluding hydrogens is 200 g/mol. The second kappa shape index (κ2) is 5.99. The molecule has 16 heavy (non-hydrogen) atoms. The van der Waals surface area contributed by atoms with E-state index in [4.69, 9.17) is 0 Å². The summed E-state index contributed by atoms with van der Waals surface area (Å²) in [5, 5.41) is 12.5. The molecule has 0 amide bonds. The highest BCUT2D eigenvalue weighted by atomic mass is 16.3. The van der Waals surface area contributed by atoms with Gasteiger partial charge in [-0.25, -0.2) is 0 Å². The molecule has 0 bridgehead atoms. The molecule has 0 radical (unpaired) electrons. The normalized spacial score (nSPS) is 31.3. The van der Waals surface area contributed by atoms with Crippen molar-refractivity contribution < 1.29 is 5.11 Å². The fourth-order valence-corrected chi connectivity index (χ4v) is 2.24. The summed E-state index contributed by atoms with van der Waals surface area (Å²) in [6.45, 7) is 10.5. The smallest absolute Gasteiger partial charge is 0.0610 e. The Hall–Kier alpha value is -0.120. The van der Waals surface area contributed by atoms with E-state index < -0.39 is 0 Å². The molecule has 3 nitrogen and oxygen atoms in total. The molecule has 1 saturated heterocycles. The van der Waals surface area contributed by atoms with Crippen LogP contribution in [-0.2, 0) is 0 Å². The molecule has 1 fully saturated rings. The van der Waals surface area contributed by atoms with Gasteiger partial charge < -0.3 is 15.3 Å². The maximum absolute atomic E-state index is 9.33. The Bertz CT molecular complexity index is 204. The van der Waals surface area contributed by atoms with Crippen molar-refractivity contribution in [3.63, 3.8) is 0 Å². The van der Waals surface area contributed by atoms with Gasteiger partial charge in [0.15, 0.2) is 0 Å². The zero-order valence-corrected chi connectivity index (χ0v) is 11.3. The molecule has 0 aliphatic carbocycles. The van der Waals surface area contributed by atoms with E-state index in [0.717, 1.165) is 24.8 Å². The lowest BCUT2D eigenvalue weighted by Gasteiger charge is -2.37. The SMILES string of the molecule is CNC(C)(CO)CCN1CCC(C)C(C)C1. The first-order valence-electron chi connectivity index (χ1n) is 6.53. The molecule has 3 heteroatoms. The van der Waals surface area contributed by atoms with Crippen molar-refractivity contribution >= 4 is 0 Å². The Balaban J connectivity index is 2.33. The van der Waals surface area contributed by atoms with Crippen LogP contribution in [0.15, 0.2) is 0 Å². The minimum absolute atomic E-state index is 0.119. The lowest BCUT2D eigenvalue weighted by molar-refractivity contribution is 0.109. The standard InChI is InChI=1S/C13H28N2O/c1-11-5-7-15(9-12(11)2)8-6-13(3,10-16)14-4/h11-12,14,16H,5-10H2,1-4H3. The second-order valence-electron chi connectivity index (χ2n) is 5.76. The number of aliphatic hydroxyl groups excluding tert-OH is 1. The molecule has 2 N–H and O–H groups in total. The summed E-state index contributed by atoms with van der Waals surface area (Å²) >= 11 is 0. The number of hydrogen-bond acceptors (Lipinski definition) is 3. The van der Waals surface area contributed by atoms with Crippen LogP contribution >= 0.6 is 0 Å². The van der Waals surface area contributed by atoms with Gasteiger partial charge in [0.25, 0.3) is 0 Å². The summed E-state index contributed by atoms with van der Waals surface area (Å²) in [6.07, 6.45) is 2.33. The van der Waals surface area contributed by atoms with Gasteiger partial charge in [-0.05, 0) is 51.7 Å². The van der Waals surface area contributed by atoms with Crippen LogP contribution < -0.4 is 5.32 Å². The first-order valence-corrected chi connectivity index (χ1v) is 6.53. The van der Waals surface area contributed by atoms with Crippen LogP contribution in [0, 0.1) is 11.8 Å². The minimum atomic E-state index is -0.119. The molecule has 1 rings (SSSR count). The van der Waals surface area contributed by atoms with Gasteiger partial charge in [-0.15, -0.1) is 0 Å². The van der Waals surface area contributed by atoms with E-state index in [9.17, 15) is 5.11 Å². The van der Waals surface area contributed by atoms with Crippen molar-refractivity contribution in [3.05, 3.63) is 0 Å². The molecule has 3 unspecified atom stereocenters. The van der Waals surface area contributed by atoms with Crippen LogP contribution in [0.1, 0.15) is 33.6 Å². The number of rotatable bonds is 5. The van der Waals surface area contributed by atoms with Gasteiger partial charge in [-0.2, -0.15) is 0 Å². The Morgan fingerprint density at radius 1 is 1.38 bits per heavy atom. The third-order valence-electron chi connectivity index (χ3n) is 4.35. The highest BCUT2D eigenvalue weighted by molar-refractivity contribution is 4.83. The fourth-order valence-electron chi connectivity index (χ4n) is 2.24. The van der Waals surface area contributed by atoms with Gasteiger partial charge in [-0.1, -0.05) is 13.8 Å². The van der Waals surface area contributed by atoms with Crippen LogP contribution in [-0.4, -0.2) is 48.8 Å². The van der Waals surface area contributed by atoms with Gasteiger partial charge in [0.2, 0.25) is 0 Å². The van der Waals surface area contributed by atoms with E-state index in [1.807, 2.05) is 7.05 Å². The summed E-state index contributed by atoms with van der Waals surface area (Å²) < 4.78 is 0. The van der Waals surface area contributed by atoms with Gasteiger partial charge in [-0.3, -0.25) is 0 Å². The summed E-state index contributed by atoms with van der Waals surface area (Å²) in [5.41, 5.74) is -0.119. The minimum Gasteiger partial charge on any atom is -0.394 e. The zero-order valence-electron chi connectivity index (χ0n) is 11.3. The maximum atomic E-state index is 9.33. The molecule has 1 heterocycles. The predicted octanol–water partition coefficient (Wildman–Crippen LogP) is 1.32. The molecule has 1 aliphatic rings. The van der Waals surface area contributed by atoms with Gasteiger partial charge in [0, 0.05) is 12.1 Å². The molecular formula is C13H28N2O. The molecule has 0 spiro atoms. The number of piperidine rings is 1. The Kier molecular flexibility index (Phi) is 5.22. The lowest BCUT2D eigenvalue weighted by atomic mass is 9.88. The summed E-state index contributed by atoms with van der Waals surface area (Å²) in [7, 11) is 1.93. The van der Waals surface area contributed by atoms with Crippen molar-refractivity contribution in [1.29, 1.82) is 0 Å². The largest absolute Gasteiger partial charge is 0.394 e. The summed E-state index contributed by atoms with van der Waals surface area (Å²) in [6, 6.07) is 0. The second-order valence-corrected chi connectivity index (χ2v) is 5.76. The molecule has 0 saturated carbocycles. The fraction of sp³-hybridized carbons (Fsp3) is 1.00. The third kappa shape index (κ3) is 3.72. The molecule has 1 aliphatic heterocycles. The predicted molar refractivity (Wildman–Crippen MR) is 68.6 cm³/mol. The van der Waals surface area contributed by atoms with Gasteiger partial charge >= 0.3 is 0 Å². The van der Waals surface area contributed by atoms with Crippen molar-refractivity contribution in [2.24, 2.45) is 11.8 Å². The zero-order chi connectivity index (χ0) is 12.2. The van der Waals surface area contributed by atoms with Gasteiger partial charge in [0.05, 0.1) is 6.61 Å². The van der Waals surface area contributed by atoms with E-state index >= 15 is 0 Å². The van der Waals surface area contributed by atoms with Crippen LogP contribution in [0.2, 0.25) is 0 Å². The summed E-state index contributed by atoms with van der Waals surface area (Å²) in [4.78, 5) is 2.54. The number of aliphatic hydroxyl groups is 1. The third-order valence-corrected chi connectivity index (χ3v) is 4.35. The number of likely N-dealkylation sites (N-methyl/N-ethyl adjacent to an activating group) is 1. The van der Waals surface area contributed by atoms with Crippen LogP contribution in [0.4, 0.5) is 0 Å². The van der Waals surface area contributed by atoms with E-state index in [0.29, 0.717) is 0 Å². The number of nitrogens with zero attached hydrogens (tertiary/aromatic N) is 1. The van der Waals surface area contributed by atoms with E-state index in [1.54, 1.807) is 0 Å². The Morgan fingerprint density at radius 3 is 2.56 bits per heavy atom. The van der Waals surface area contributed by atoms with Crippen molar-refractivity contribution in [2.45, 2.75) is 39.2 Å². The van der Waals surface area contributed by atoms with Crippen molar-refractivity contribution in [1.82, 2.24) is 10.2 Å². The van der Waals surface area contributed by atoms with E-state index in [2.05, 4.69) is 31.0 Å². The van der Waals surface area contributed by atoms with Crippen LogP contribution in [0.5, 0.6) is 0 Å². The maximum Gasteiger partial charge on any atom is 0.0610 e. The molecule has 0 aromatic carbocycles. The highest BCUT2D eigenvalue weighted by Gasteiger charge is 2.26. The van der Waals surface area contributed by atoms with Gasteiger partial charge in [0.1, 0.15) is 0 Å². The number of hydrogen-bond donors (Lipinski definition) is 2. The number of likely N-dealkylation sites (tertiary alicyclic amines) is 1. The monoisotopic (exact) mass is 228 g/mol. The molecule has 0 aromatic heterocycles. The topological polar surface area (TPSA) is 35.5 Å². The average Bonchev–Trinajstić information content (AvgIpc) is 2.30. The van der Waals surface area contributed by atoms with E-state index in [-0.39, 0.29) is 12.1 Å². The number of nitrogens with one attached hydrogen (secondary N) is 1. The quantitative estimate of drug-likeness (QED) is 0.745. The Morgan fingerprint density at radius 2 is 2.06 bits per heavy atom. The van der Waals surface area contributed by atoms with Crippen LogP contribution in [0.25, 0.3) is 0 Å². The highest BCUT2D eigenvalue weighted by Crippen LogP contribution is 2.23. The summed E-state index contributed by atoms with van der Waals surface area (Å²) in [5.74, 6) is 1.67. The molecule has 96 valence electrons. The van der Waals surface area contributed by atoms with E-state index in [1.165, 1.54) is 19.5 Å². The molecule has 3 atom stereocenters.